The molecule has 2 rings (SSSR count). The third-order valence-electron chi connectivity index (χ3n) is 2.91. The Labute approximate surface area is 124 Å². The van der Waals surface area contributed by atoms with Crippen LogP contribution in [0.1, 0.15) is 20.8 Å². The summed E-state index contributed by atoms with van der Waals surface area (Å²) < 4.78 is 0. The van der Waals surface area contributed by atoms with Gasteiger partial charge in [-0.05, 0) is 18.2 Å². The quantitative estimate of drug-likeness (QED) is 0.833. The van der Waals surface area contributed by atoms with E-state index in [4.69, 9.17) is 11.6 Å². The van der Waals surface area contributed by atoms with Crippen molar-refractivity contribution >= 4 is 23.2 Å². The molecule has 1 amide bonds. The molecule has 4 heteroatoms. The molecule has 0 saturated heterocycles. The van der Waals surface area contributed by atoms with Crippen LogP contribution in [-0.2, 0) is 4.79 Å². The molecule has 0 saturated carbocycles. The van der Waals surface area contributed by atoms with E-state index in [0.717, 1.165) is 16.8 Å². The SMILES string of the molecule is CC(C)(C)C(=O)Nc1ccccc1-c1cccnc1Cl. The van der Waals surface area contributed by atoms with Crippen molar-refractivity contribution in [2.45, 2.75) is 20.8 Å². The fourth-order valence-electron chi connectivity index (χ4n) is 1.72. The van der Waals surface area contributed by atoms with Gasteiger partial charge in [-0.15, -0.1) is 0 Å². The molecule has 0 radical (unpaired) electrons. The molecule has 0 fully saturated rings. The van der Waals surface area contributed by atoms with Crippen LogP contribution in [0, 0.1) is 5.41 Å². The Bertz CT molecular complexity index is 632. The maximum Gasteiger partial charge on any atom is 0.229 e. The number of rotatable bonds is 2. The number of carbonyl (C=O) groups is 1. The van der Waals surface area contributed by atoms with Gasteiger partial charge in [-0.3, -0.25) is 4.79 Å². The van der Waals surface area contributed by atoms with E-state index in [0.29, 0.717) is 5.15 Å². The molecule has 0 unspecified atom stereocenters. The minimum Gasteiger partial charge on any atom is -0.325 e. The summed E-state index contributed by atoms with van der Waals surface area (Å²) in [5.74, 6) is -0.0371. The number of pyridine rings is 1. The second kappa shape index (κ2) is 5.63. The van der Waals surface area contributed by atoms with Crippen molar-refractivity contribution in [1.29, 1.82) is 0 Å². The summed E-state index contributed by atoms with van der Waals surface area (Å²) in [6.45, 7) is 5.63. The first-order valence-electron chi connectivity index (χ1n) is 6.41. The lowest BCUT2D eigenvalue weighted by Crippen LogP contribution is -2.27. The Morgan fingerprint density at radius 3 is 2.40 bits per heavy atom. The van der Waals surface area contributed by atoms with Crippen molar-refractivity contribution in [1.82, 2.24) is 4.98 Å². The van der Waals surface area contributed by atoms with Crippen molar-refractivity contribution in [3.05, 3.63) is 47.7 Å². The molecule has 20 heavy (non-hydrogen) atoms. The van der Waals surface area contributed by atoms with Crippen LogP contribution in [0.5, 0.6) is 0 Å². The van der Waals surface area contributed by atoms with Crippen molar-refractivity contribution in [3.8, 4) is 11.1 Å². The largest absolute Gasteiger partial charge is 0.325 e. The van der Waals surface area contributed by atoms with Gasteiger partial charge in [0, 0.05) is 28.4 Å². The number of amides is 1. The fourth-order valence-corrected chi connectivity index (χ4v) is 1.94. The van der Waals surface area contributed by atoms with Gasteiger partial charge >= 0.3 is 0 Å². The van der Waals surface area contributed by atoms with E-state index in [-0.39, 0.29) is 5.91 Å². The molecule has 0 spiro atoms. The first-order valence-corrected chi connectivity index (χ1v) is 6.79. The molecule has 0 bridgehead atoms. The minimum atomic E-state index is -0.453. The van der Waals surface area contributed by atoms with Crippen LogP contribution >= 0.6 is 11.6 Å². The summed E-state index contributed by atoms with van der Waals surface area (Å²) in [6, 6.07) is 11.3. The van der Waals surface area contributed by atoms with Crippen molar-refractivity contribution in [2.24, 2.45) is 5.41 Å². The molecule has 1 N–H and O–H groups in total. The zero-order valence-electron chi connectivity index (χ0n) is 11.8. The summed E-state index contributed by atoms with van der Waals surface area (Å²) >= 11 is 6.13. The average molecular weight is 289 g/mol. The Morgan fingerprint density at radius 1 is 1.10 bits per heavy atom. The number of carbonyl (C=O) groups excluding carboxylic acids is 1. The van der Waals surface area contributed by atoms with E-state index in [1.54, 1.807) is 6.20 Å². The van der Waals surface area contributed by atoms with Crippen LogP contribution in [0.2, 0.25) is 5.15 Å². The third kappa shape index (κ3) is 3.17. The highest BCUT2D eigenvalue weighted by Crippen LogP contribution is 2.32. The lowest BCUT2D eigenvalue weighted by Gasteiger charge is -2.19. The number of anilines is 1. The van der Waals surface area contributed by atoms with Gasteiger partial charge < -0.3 is 5.32 Å². The van der Waals surface area contributed by atoms with Crippen LogP contribution in [0.15, 0.2) is 42.6 Å². The first-order chi connectivity index (χ1) is 9.39. The summed E-state index contributed by atoms with van der Waals surface area (Å²) in [4.78, 5) is 16.2. The Kier molecular flexibility index (Phi) is 4.09. The predicted octanol–water partition coefficient (Wildman–Crippen LogP) is 4.39. The average Bonchev–Trinajstić information content (AvgIpc) is 2.39. The lowest BCUT2D eigenvalue weighted by atomic mass is 9.95. The highest BCUT2D eigenvalue weighted by Gasteiger charge is 2.22. The molecule has 0 aliphatic rings. The van der Waals surface area contributed by atoms with Gasteiger partial charge in [-0.1, -0.05) is 50.6 Å². The maximum absolute atomic E-state index is 12.1. The molecule has 2 aromatic rings. The minimum absolute atomic E-state index is 0.0371. The molecular formula is C16H17ClN2O. The van der Waals surface area contributed by atoms with Crippen LogP contribution < -0.4 is 5.32 Å². The van der Waals surface area contributed by atoms with Crippen molar-refractivity contribution < 1.29 is 4.79 Å². The van der Waals surface area contributed by atoms with E-state index in [1.807, 2.05) is 57.2 Å². The van der Waals surface area contributed by atoms with Crippen LogP contribution in [0.3, 0.4) is 0 Å². The summed E-state index contributed by atoms with van der Waals surface area (Å²) in [5.41, 5.74) is 1.95. The number of hydrogen-bond acceptors (Lipinski definition) is 2. The fraction of sp³-hybridized carbons (Fsp3) is 0.250. The number of hydrogen-bond donors (Lipinski definition) is 1. The molecule has 1 heterocycles. The van der Waals surface area contributed by atoms with Crippen molar-refractivity contribution in [3.63, 3.8) is 0 Å². The standard InChI is InChI=1S/C16H17ClN2O/c1-16(2,3)15(20)19-13-9-5-4-7-11(13)12-8-6-10-18-14(12)17/h4-10H,1-3H3,(H,19,20). The summed E-state index contributed by atoms with van der Waals surface area (Å²) in [5, 5.41) is 3.37. The normalized spacial score (nSPS) is 11.2. The molecule has 104 valence electrons. The number of nitrogens with zero attached hydrogens (tertiary/aromatic N) is 1. The number of aromatic nitrogens is 1. The molecule has 0 aliphatic carbocycles. The molecule has 0 atom stereocenters. The highest BCUT2D eigenvalue weighted by molar-refractivity contribution is 6.32. The molecule has 1 aromatic heterocycles. The van der Waals surface area contributed by atoms with Gasteiger partial charge in [0.05, 0.1) is 0 Å². The van der Waals surface area contributed by atoms with Gasteiger partial charge in [0.1, 0.15) is 5.15 Å². The Morgan fingerprint density at radius 2 is 1.75 bits per heavy atom. The molecule has 3 nitrogen and oxygen atoms in total. The van der Waals surface area contributed by atoms with E-state index >= 15 is 0 Å². The van der Waals surface area contributed by atoms with Gasteiger partial charge in [0.2, 0.25) is 5.91 Å². The first kappa shape index (κ1) is 14.5. The topological polar surface area (TPSA) is 42.0 Å². The molecule has 1 aromatic carbocycles. The van der Waals surface area contributed by atoms with Crippen LogP contribution in [0.4, 0.5) is 5.69 Å². The smallest absolute Gasteiger partial charge is 0.229 e. The number of benzene rings is 1. The second-order valence-electron chi connectivity index (χ2n) is 5.59. The monoisotopic (exact) mass is 288 g/mol. The highest BCUT2D eigenvalue weighted by atomic mass is 35.5. The zero-order valence-corrected chi connectivity index (χ0v) is 12.5. The maximum atomic E-state index is 12.1. The molecule has 0 aliphatic heterocycles. The van der Waals surface area contributed by atoms with Crippen LogP contribution in [0.25, 0.3) is 11.1 Å². The lowest BCUT2D eigenvalue weighted by molar-refractivity contribution is -0.123. The van der Waals surface area contributed by atoms with E-state index in [9.17, 15) is 4.79 Å². The Hall–Kier alpha value is -1.87. The van der Waals surface area contributed by atoms with E-state index < -0.39 is 5.41 Å². The number of nitrogens with one attached hydrogen (secondary N) is 1. The predicted molar refractivity (Wildman–Crippen MR) is 82.8 cm³/mol. The summed E-state index contributed by atoms with van der Waals surface area (Å²) in [7, 11) is 0. The Balaban J connectivity index is 2.42. The third-order valence-corrected chi connectivity index (χ3v) is 3.21. The van der Waals surface area contributed by atoms with Gasteiger partial charge in [-0.2, -0.15) is 0 Å². The van der Waals surface area contributed by atoms with Crippen LogP contribution in [-0.4, -0.2) is 10.9 Å². The number of halogens is 1. The van der Waals surface area contributed by atoms with Crippen molar-refractivity contribution in [2.75, 3.05) is 5.32 Å². The van der Waals surface area contributed by atoms with Gasteiger partial charge in [0.15, 0.2) is 0 Å². The number of para-hydroxylation sites is 1. The molecular weight excluding hydrogens is 272 g/mol. The summed E-state index contributed by atoms with van der Waals surface area (Å²) in [6.07, 6.45) is 1.64. The van der Waals surface area contributed by atoms with E-state index in [1.165, 1.54) is 0 Å². The van der Waals surface area contributed by atoms with E-state index in [2.05, 4.69) is 10.3 Å². The second-order valence-corrected chi connectivity index (χ2v) is 5.95. The van der Waals surface area contributed by atoms with Gasteiger partial charge in [0.25, 0.3) is 0 Å². The van der Waals surface area contributed by atoms with Gasteiger partial charge in [-0.25, -0.2) is 4.98 Å². The zero-order chi connectivity index (χ0) is 14.8.